The molecule has 0 aromatic rings. The van der Waals surface area contributed by atoms with Gasteiger partial charge in [0.15, 0.2) is 5.96 Å². The Hall–Kier alpha value is -3.92. The molecule has 0 bridgehead atoms. The molecule has 2 heterocycles. The number of amides is 5. The fourth-order valence-electron chi connectivity index (χ4n) is 3.20. The summed E-state index contributed by atoms with van der Waals surface area (Å²) in [5.74, 6) is -3.91. The van der Waals surface area contributed by atoms with Crippen LogP contribution in [-0.2, 0) is 24.0 Å². The number of nitrogens with two attached hydrogens (primary N) is 3. The Bertz CT molecular complexity index is 876. The third kappa shape index (κ3) is 6.79. The van der Waals surface area contributed by atoms with Crippen molar-refractivity contribution in [3.05, 3.63) is 11.9 Å². The van der Waals surface area contributed by atoms with Gasteiger partial charge in [0.05, 0.1) is 6.04 Å². The standard InChI is InChI=1S/C18H31N11O5/c1-7-13(30)26-10(4-19)15(32)27-11(5-20)16(33)29-12(9-2-3-23-18(22)28-9)17(34)24-6-8(21)14(31)25-7/h5,7-10,12H,2-4,6,19-21H2,1H3,(H,24,34)(H,25,31)(H,26,30)(H,27,32)(H,29,33)(H3,22,23,28)/b11-5-/t7-,8-,9?,10-,12-/m0/s1. The molecule has 16 nitrogen and oxygen atoms in total. The number of guanidine groups is 1. The predicted octanol–water partition coefficient (Wildman–Crippen LogP) is -6.32. The molecule has 0 aromatic carbocycles. The Morgan fingerprint density at radius 2 is 1.68 bits per heavy atom. The van der Waals surface area contributed by atoms with Crippen LogP contribution in [0.5, 0.6) is 0 Å². The molecular formula is C18H31N11O5. The highest BCUT2D eigenvalue weighted by Gasteiger charge is 2.34. The van der Waals surface area contributed by atoms with Gasteiger partial charge in [0, 0.05) is 25.8 Å². The number of carbonyl (C=O) groups is 5. The van der Waals surface area contributed by atoms with E-state index in [0.29, 0.717) is 13.0 Å². The summed E-state index contributed by atoms with van der Waals surface area (Å²) in [6.45, 7) is 1.13. The van der Waals surface area contributed by atoms with Crippen molar-refractivity contribution in [3.63, 3.8) is 0 Å². The maximum atomic E-state index is 12.9. The van der Waals surface area contributed by atoms with E-state index < -0.39 is 59.7 Å². The lowest BCUT2D eigenvalue weighted by Gasteiger charge is -2.33. The maximum Gasteiger partial charge on any atom is 0.270 e. The molecule has 0 spiro atoms. The number of carbonyl (C=O) groups excluding carboxylic acids is 5. The summed E-state index contributed by atoms with van der Waals surface area (Å²) in [6, 6.07) is -5.44. The quantitative estimate of drug-likeness (QED) is 0.166. The van der Waals surface area contributed by atoms with Gasteiger partial charge in [-0.25, -0.2) is 0 Å². The van der Waals surface area contributed by atoms with Crippen LogP contribution in [0.1, 0.15) is 13.3 Å². The minimum atomic E-state index is -1.25. The zero-order chi connectivity index (χ0) is 25.4. The highest BCUT2D eigenvalue weighted by molar-refractivity contribution is 6.02. The summed E-state index contributed by atoms with van der Waals surface area (Å²) in [7, 11) is 0. The molecule has 5 amide bonds. The molecule has 2 aliphatic heterocycles. The fourth-order valence-corrected chi connectivity index (χ4v) is 3.20. The van der Waals surface area contributed by atoms with Gasteiger partial charge in [0.2, 0.25) is 23.6 Å². The van der Waals surface area contributed by atoms with Gasteiger partial charge >= 0.3 is 0 Å². The zero-order valence-corrected chi connectivity index (χ0v) is 18.6. The molecule has 14 N–H and O–H groups in total. The molecule has 0 aliphatic carbocycles. The topological polar surface area (TPSA) is 271 Å². The SMILES string of the molecule is C[C@@H]1NC(=O)[C@@H](N)CNC(=O)[C@H](C2CCNC(=N)N2)NC(=O)/C(=C/N)NC(=O)[C@H](CN)NC1=O. The van der Waals surface area contributed by atoms with Crippen molar-refractivity contribution < 1.29 is 24.0 Å². The number of nitrogens with one attached hydrogen (secondary N) is 8. The molecule has 2 aliphatic rings. The normalized spacial score (nSPS) is 31.3. The lowest BCUT2D eigenvalue weighted by atomic mass is 10.0. The van der Waals surface area contributed by atoms with E-state index in [9.17, 15) is 24.0 Å². The Morgan fingerprint density at radius 1 is 0.971 bits per heavy atom. The van der Waals surface area contributed by atoms with Gasteiger partial charge in [0.1, 0.15) is 29.9 Å². The Labute approximate surface area is 195 Å². The third-order valence-electron chi connectivity index (χ3n) is 5.18. The molecule has 5 atom stereocenters. The van der Waals surface area contributed by atoms with Crippen molar-refractivity contribution in [1.29, 1.82) is 5.41 Å². The van der Waals surface area contributed by atoms with Crippen molar-refractivity contribution >= 4 is 35.5 Å². The summed E-state index contributed by atoms with van der Waals surface area (Å²) in [6.07, 6.45) is 1.19. The lowest BCUT2D eigenvalue weighted by Crippen LogP contribution is -2.64. The van der Waals surface area contributed by atoms with Crippen molar-refractivity contribution in [2.24, 2.45) is 17.2 Å². The van der Waals surface area contributed by atoms with Gasteiger partial charge in [0.25, 0.3) is 5.91 Å². The second-order valence-corrected chi connectivity index (χ2v) is 7.74. The molecule has 2 saturated heterocycles. The maximum absolute atomic E-state index is 12.9. The first kappa shape index (κ1) is 26.3. The minimum absolute atomic E-state index is 0.0417. The summed E-state index contributed by atoms with van der Waals surface area (Å²) in [4.78, 5) is 63.0. The van der Waals surface area contributed by atoms with Gasteiger partial charge in [-0.3, -0.25) is 29.4 Å². The van der Waals surface area contributed by atoms with E-state index in [1.807, 2.05) is 0 Å². The molecule has 0 aromatic heterocycles. The van der Waals surface area contributed by atoms with Crippen LogP contribution in [0, 0.1) is 5.41 Å². The number of hydrogen-bond donors (Lipinski definition) is 11. The second-order valence-electron chi connectivity index (χ2n) is 7.74. The van der Waals surface area contributed by atoms with Crippen LogP contribution in [0.2, 0.25) is 0 Å². The Balaban J connectivity index is 2.35. The van der Waals surface area contributed by atoms with E-state index in [2.05, 4.69) is 37.2 Å². The van der Waals surface area contributed by atoms with Gasteiger partial charge in [-0.1, -0.05) is 0 Å². The number of hydrogen-bond acceptors (Lipinski definition) is 9. The summed E-state index contributed by atoms with van der Waals surface area (Å²) < 4.78 is 0. The highest BCUT2D eigenvalue weighted by Crippen LogP contribution is 2.05. The van der Waals surface area contributed by atoms with Crippen LogP contribution in [0.3, 0.4) is 0 Å². The largest absolute Gasteiger partial charge is 0.403 e. The van der Waals surface area contributed by atoms with Crippen molar-refractivity contribution in [3.8, 4) is 0 Å². The number of rotatable bonds is 2. The predicted molar refractivity (Wildman–Crippen MR) is 119 cm³/mol. The van der Waals surface area contributed by atoms with Gasteiger partial charge in [-0.2, -0.15) is 0 Å². The molecule has 0 radical (unpaired) electrons. The average Bonchev–Trinajstić information content (AvgIpc) is 2.81. The first-order chi connectivity index (χ1) is 16.1. The molecule has 2 fully saturated rings. The van der Waals surface area contributed by atoms with Gasteiger partial charge < -0.3 is 54.4 Å². The molecule has 188 valence electrons. The van der Waals surface area contributed by atoms with Crippen molar-refractivity contribution in [1.82, 2.24) is 37.2 Å². The van der Waals surface area contributed by atoms with Crippen LogP contribution in [0.15, 0.2) is 11.9 Å². The summed E-state index contributed by atoms with van der Waals surface area (Å²) >= 11 is 0. The van der Waals surface area contributed by atoms with Gasteiger partial charge in [-0.15, -0.1) is 0 Å². The molecule has 16 heteroatoms. The average molecular weight is 482 g/mol. The van der Waals surface area contributed by atoms with E-state index in [1.165, 1.54) is 6.92 Å². The summed E-state index contributed by atoms with van der Waals surface area (Å²) in [5, 5.41) is 25.3. The van der Waals surface area contributed by atoms with Crippen molar-refractivity contribution in [2.45, 2.75) is 43.6 Å². The third-order valence-corrected chi connectivity index (χ3v) is 5.18. The van der Waals surface area contributed by atoms with E-state index in [4.69, 9.17) is 22.6 Å². The van der Waals surface area contributed by atoms with E-state index >= 15 is 0 Å². The van der Waals surface area contributed by atoms with Crippen LogP contribution < -0.4 is 54.4 Å². The fraction of sp³-hybridized carbons (Fsp3) is 0.556. The summed E-state index contributed by atoms with van der Waals surface area (Å²) in [5.41, 5.74) is 16.5. The first-order valence-electron chi connectivity index (χ1n) is 10.5. The van der Waals surface area contributed by atoms with E-state index in [-0.39, 0.29) is 24.7 Å². The van der Waals surface area contributed by atoms with E-state index in [0.717, 1.165) is 6.20 Å². The van der Waals surface area contributed by atoms with E-state index in [1.54, 1.807) is 0 Å². The van der Waals surface area contributed by atoms with Gasteiger partial charge in [-0.05, 0) is 13.3 Å². The van der Waals surface area contributed by atoms with Crippen LogP contribution in [0.25, 0.3) is 0 Å². The van der Waals surface area contributed by atoms with Crippen LogP contribution in [0.4, 0.5) is 0 Å². The zero-order valence-electron chi connectivity index (χ0n) is 18.6. The molecule has 2 rings (SSSR count). The molecule has 1 unspecified atom stereocenters. The lowest BCUT2D eigenvalue weighted by molar-refractivity contribution is -0.132. The Morgan fingerprint density at radius 3 is 2.29 bits per heavy atom. The molecule has 34 heavy (non-hydrogen) atoms. The van der Waals surface area contributed by atoms with Crippen molar-refractivity contribution in [2.75, 3.05) is 19.6 Å². The van der Waals surface area contributed by atoms with Crippen LogP contribution in [-0.4, -0.2) is 85.3 Å². The Kier molecular flexibility index (Phi) is 9.14. The molecule has 0 saturated carbocycles. The van der Waals surface area contributed by atoms with Crippen LogP contribution >= 0.6 is 0 Å². The minimum Gasteiger partial charge on any atom is -0.403 e. The second kappa shape index (κ2) is 11.8. The highest BCUT2D eigenvalue weighted by atomic mass is 16.2. The monoisotopic (exact) mass is 481 g/mol. The smallest absolute Gasteiger partial charge is 0.270 e. The first-order valence-corrected chi connectivity index (χ1v) is 10.5. The molecular weight excluding hydrogens is 450 g/mol.